The second kappa shape index (κ2) is 9.81. The summed E-state index contributed by atoms with van der Waals surface area (Å²) in [6.07, 6.45) is 2.67. The lowest BCUT2D eigenvalue weighted by Gasteiger charge is -2.18. The van der Waals surface area contributed by atoms with Crippen LogP contribution in [0.15, 0.2) is 71.6 Å². The number of fused-ring (bicyclic) bond motifs is 1. The Morgan fingerprint density at radius 3 is 2.29 bits per heavy atom. The van der Waals surface area contributed by atoms with E-state index in [1.807, 2.05) is 25.1 Å². The van der Waals surface area contributed by atoms with Crippen molar-refractivity contribution < 1.29 is 22.7 Å². The first-order valence-electron chi connectivity index (χ1n) is 11.2. The summed E-state index contributed by atoms with van der Waals surface area (Å²) in [5.41, 5.74) is 4.57. The number of carbonyl (C=O) groups excluding carboxylic acids is 2. The van der Waals surface area contributed by atoms with Crippen molar-refractivity contribution in [1.29, 1.82) is 0 Å². The number of esters is 1. The van der Waals surface area contributed by atoms with Gasteiger partial charge in [0.05, 0.1) is 17.1 Å². The van der Waals surface area contributed by atoms with Crippen LogP contribution >= 0.6 is 0 Å². The van der Waals surface area contributed by atoms with Crippen LogP contribution in [0.4, 0.5) is 5.69 Å². The minimum atomic E-state index is -3.57. The molecule has 0 aromatic heterocycles. The van der Waals surface area contributed by atoms with E-state index in [2.05, 4.69) is 0 Å². The lowest BCUT2D eigenvalue weighted by atomic mass is 10.1. The van der Waals surface area contributed by atoms with Gasteiger partial charge in [0.15, 0.2) is 9.84 Å². The summed E-state index contributed by atoms with van der Waals surface area (Å²) in [6, 6.07) is 19.1. The van der Waals surface area contributed by atoms with Gasteiger partial charge in [-0.05, 0) is 85.8 Å². The molecule has 0 atom stereocenters. The zero-order chi connectivity index (χ0) is 24.3. The van der Waals surface area contributed by atoms with Crippen molar-refractivity contribution in [2.75, 3.05) is 17.7 Å². The highest BCUT2D eigenvalue weighted by atomic mass is 32.2. The van der Waals surface area contributed by atoms with Crippen LogP contribution in [-0.4, -0.2) is 33.1 Å². The molecule has 176 valence electrons. The molecule has 1 aliphatic rings. The smallest absolute Gasteiger partial charge is 0.312 e. The summed E-state index contributed by atoms with van der Waals surface area (Å²) in [7, 11) is -1.90. The van der Waals surface area contributed by atoms with Gasteiger partial charge in [-0.1, -0.05) is 23.8 Å². The predicted molar refractivity (Wildman–Crippen MR) is 131 cm³/mol. The highest BCUT2D eigenvalue weighted by molar-refractivity contribution is 7.91. The van der Waals surface area contributed by atoms with E-state index < -0.39 is 15.8 Å². The monoisotopic (exact) mass is 477 g/mol. The first-order valence-corrected chi connectivity index (χ1v) is 12.9. The molecule has 0 heterocycles. The molecule has 0 N–H and O–H groups in total. The maximum atomic E-state index is 12.7. The van der Waals surface area contributed by atoms with E-state index in [1.165, 1.54) is 10.5 Å². The molecule has 0 aliphatic heterocycles. The molecule has 1 amide bonds. The molecule has 1 aliphatic carbocycles. The zero-order valence-corrected chi connectivity index (χ0v) is 20.1. The predicted octanol–water partition coefficient (Wildman–Crippen LogP) is 4.53. The molecule has 0 saturated carbocycles. The second-order valence-corrected chi connectivity index (χ2v) is 10.7. The summed E-state index contributed by atoms with van der Waals surface area (Å²) in [6.45, 7) is 1.96. The first-order chi connectivity index (χ1) is 16.2. The minimum Gasteiger partial charge on any atom is -0.427 e. The molecule has 34 heavy (non-hydrogen) atoms. The molecule has 7 heteroatoms. The number of nitrogens with zero attached hydrogens (tertiary/aromatic N) is 1. The van der Waals surface area contributed by atoms with Gasteiger partial charge >= 0.3 is 5.97 Å². The van der Waals surface area contributed by atoms with E-state index in [-0.39, 0.29) is 23.0 Å². The number of hydrogen-bond acceptors (Lipinski definition) is 5. The Morgan fingerprint density at radius 1 is 0.912 bits per heavy atom. The molecule has 0 radical (unpaired) electrons. The van der Waals surface area contributed by atoms with Crippen LogP contribution in [0, 0.1) is 6.92 Å². The maximum absolute atomic E-state index is 12.7. The molecular weight excluding hydrogens is 450 g/mol. The molecule has 6 nitrogen and oxygen atoms in total. The fraction of sp³-hybridized carbons (Fsp3) is 0.259. The third kappa shape index (κ3) is 5.37. The summed E-state index contributed by atoms with van der Waals surface area (Å²) >= 11 is 0. The van der Waals surface area contributed by atoms with Gasteiger partial charge in [0.2, 0.25) is 0 Å². The van der Waals surface area contributed by atoms with Gasteiger partial charge in [0, 0.05) is 18.3 Å². The molecule has 0 bridgehead atoms. The normalized spacial score (nSPS) is 12.8. The molecule has 0 fully saturated rings. The molecule has 0 saturated heterocycles. The van der Waals surface area contributed by atoms with Crippen LogP contribution < -0.4 is 9.64 Å². The Kier molecular flexibility index (Phi) is 6.84. The Hall–Kier alpha value is -3.45. The van der Waals surface area contributed by atoms with Crippen molar-refractivity contribution in [1.82, 2.24) is 0 Å². The number of benzene rings is 3. The van der Waals surface area contributed by atoms with Crippen LogP contribution in [0.1, 0.15) is 39.9 Å². The Bertz CT molecular complexity index is 1310. The van der Waals surface area contributed by atoms with E-state index in [1.54, 1.807) is 55.6 Å². The van der Waals surface area contributed by atoms with E-state index >= 15 is 0 Å². The molecule has 4 rings (SSSR count). The van der Waals surface area contributed by atoms with Crippen molar-refractivity contribution >= 4 is 27.4 Å². The van der Waals surface area contributed by atoms with Crippen molar-refractivity contribution in [2.24, 2.45) is 0 Å². The van der Waals surface area contributed by atoms with Crippen LogP contribution in [0.3, 0.4) is 0 Å². The molecule has 3 aromatic rings. The number of anilines is 1. The lowest BCUT2D eigenvalue weighted by molar-refractivity contribution is -0.133. The third-order valence-electron chi connectivity index (χ3n) is 6.06. The molecule has 0 unspecified atom stereocenters. The van der Waals surface area contributed by atoms with Crippen molar-refractivity contribution in [3.8, 4) is 5.75 Å². The average Bonchev–Trinajstić information content (AvgIpc) is 3.31. The van der Waals surface area contributed by atoms with E-state index in [0.29, 0.717) is 17.0 Å². The highest BCUT2D eigenvalue weighted by Gasteiger charge is 2.21. The van der Waals surface area contributed by atoms with Crippen LogP contribution in [0.5, 0.6) is 5.75 Å². The topological polar surface area (TPSA) is 80.8 Å². The van der Waals surface area contributed by atoms with E-state index in [0.717, 1.165) is 30.4 Å². The van der Waals surface area contributed by atoms with Crippen LogP contribution in [0.2, 0.25) is 0 Å². The fourth-order valence-corrected chi connectivity index (χ4v) is 5.27. The molecule has 0 spiro atoms. The Labute approximate surface area is 200 Å². The maximum Gasteiger partial charge on any atom is 0.312 e. The summed E-state index contributed by atoms with van der Waals surface area (Å²) in [5, 5.41) is 0. The first kappa shape index (κ1) is 23.7. The highest BCUT2D eigenvalue weighted by Crippen LogP contribution is 2.26. The number of rotatable bonds is 7. The van der Waals surface area contributed by atoms with Crippen molar-refractivity contribution in [2.45, 2.75) is 37.5 Å². The van der Waals surface area contributed by atoms with Crippen LogP contribution in [0.25, 0.3) is 0 Å². The standard InChI is InChI=1S/C27H27NO5S/c1-19-6-8-21(9-7-19)27(30)28(2)23-11-13-24(14-12-23)33-26(29)16-17-34(31,32)25-15-10-20-4-3-5-22(20)18-25/h6-15,18H,3-5,16-17H2,1-2H3. The average molecular weight is 478 g/mol. The number of aryl methyl sites for hydroxylation is 3. The second-order valence-electron chi connectivity index (χ2n) is 8.55. The van der Waals surface area contributed by atoms with Crippen molar-refractivity contribution in [3.63, 3.8) is 0 Å². The number of sulfone groups is 1. The number of amides is 1. The fourth-order valence-electron chi connectivity index (χ4n) is 4.00. The van der Waals surface area contributed by atoms with Gasteiger partial charge in [-0.2, -0.15) is 0 Å². The van der Waals surface area contributed by atoms with Gasteiger partial charge in [-0.15, -0.1) is 0 Å². The van der Waals surface area contributed by atoms with Gasteiger partial charge in [-0.25, -0.2) is 8.42 Å². The number of carbonyl (C=O) groups is 2. The molecule has 3 aromatic carbocycles. The van der Waals surface area contributed by atoms with Gasteiger partial charge in [-0.3, -0.25) is 9.59 Å². The SMILES string of the molecule is Cc1ccc(C(=O)N(C)c2ccc(OC(=O)CCS(=O)(=O)c3ccc4c(c3)CCC4)cc2)cc1. The Morgan fingerprint density at radius 2 is 1.59 bits per heavy atom. The van der Waals surface area contributed by atoms with E-state index in [4.69, 9.17) is 4.74 Å². The van der Waals surface area contributed by atoms with Crippen molar-refractivity contribution in [3.05, 3.63) is 89.0 Å². The van der Waals surface area contributed by atoms with Gasteiger partial charge < -0.3 is 9.64 Å². The quantitative estimate of drug-likeness (QED) is 0.369. The lowest BCUT2D eigenvalue weighted by Crippen LogP contribution is -2.26. The van der Waals surface area contributed by atoms with Gasteiger partial charge in [0.25, 0.3) is 5.91 Å². The zero-order valence-electron chi connectivity index (χ0n) is 19.3. The summed E-state index contributed by atoms with van der Waals surface area (Å²) < 4.78 is 30.6. The summed E-state index contributed by atoms with van der Waals surface area (Å²) in [5.74, 6) is -0.792. The largest absolute Gasteiger partial charge is 0.427 e. The van der Waals surface area contributed by atoms with E-state index in [9.17, 15) is 18.0 Å². The number of hydrogen-bond donors (Lipinski definition) is 0. The Balaban J connectivity index is 1.33. The minimum absolute atomic E-state index is 0.151. The van der Waals surface area contributed by atoms with Crippen LogP contribution in [-0.2, 0) is 27.5 Å². The van der Waals surface area contributed by atoms with Gasteiger partial charge in [0.1, 0.15) is 5.75 Å². The molecular formula is C27H27NO5S. The third-order valence-corrected chi connectivity index (χ3v) is 7.78. The number of ether oxygens (including phenoxy) is 1. The summed E-state index contributed by atoms with van der Waals surface area (Å²) in [4.78, 5) is 26.7.